The summed E-state index contributed by atoms with van der Waals surface area (Å²) in [7, 11) is -3.97. The number of fused-ring (bicyclic) bond motifs is 1. The van der Waals surface area contributed by atoms with Gasteiger partial charge in [0.05, 0.1) is 4.90 Å². The highest BCUT2D eigenvalue weighted by Gasteiger charge is 2.17. The summed E-state index contributed by atoms with van der Waals surface area (Å²) in [6, 6.07) is 9.96. The van der Waals surface area contributed by atoms with Gasteiger partial charge in [0, 0.05) is 9.86 Å². The van der Waals surface area contributed by atoms with Gasteiger partial charge in [-0.3, -0.25) is 4.79 Å². The first-order valence-electron chi connectivity index (χ1n) is 4.37. The number of carbonyl (C=O) groups excluding carboxylic acids is 1. The lowest BCUT2D eigenvalue weighted by Crippen LogP contribution is -2.02. The van der Waals surface area contributed by atoms with Crippen LogP contribution in [0.5, 0.6) is 0 Å². The zero-order chi connectivity index (χ0) is 11.8. The minimum atomic E-state index is -3.97. The lowest BCUT2D eigenvalue weighted by Gasteiger charge is -2.04. The van der Waals surface area contributed by atoms with Crippen molar-refractivity contribution >= 4 is 42.2 Å². The molecule has 2 rings (SSSR count). The van der Waals surface area contributed by atoms with Crippen molar-refractivity contribution < 1.29 is 13.2 Å². The summed E-state index contributed by atoms with van der Waals surface area (Å²) in [5.74, 6) is 0. The summed E-state index contributed by atoms with van der Waals surface area (Å²) < 4.78 is 23.8. The number of hydrogen-bond donors (Lipinski definition) is 0. The molecule has 0 saturated heterocycles. The maximum Gasteiger partial charge on any atom is 0.333 e. The fourth-order valence-electron chi connectivity index (χ4n) is 1.52. The van der Waals surface area contributed by atoms with Crippen LogP contribution in [-0.2, 0) is 14.6 Å². The Labute approximate surface area is 101 Å². The van der Waals surface area contributed by atoms with Crippen LogP contribution in [0.3, 0.4) is 0 Å². The molecule has 0 fully saturated rings. The smallest absolute Gasteiger partial charge is 0.271 e. The molecule has 0 atom stereocenters. The Kier molecular flexibility index (Phi) is 2.82. The van der Waals surface area contributed by atoms with E-state index in [4.69, 9.17) is 0 Å². The number of sulfone groups is 1. The maximum absolute atomic E-state index is 11.5. The van der Waals surface area contributed by atoms with Gasteiger partial charge in [0.15, 0.2) is 0 Å². The van der Waals surface area contributed by atoms with Gasteiger partial charge in [-0.15, -0.1) is 0 Å². The van der Waals surface area contributed by atoms with Gasteiger partial charge in [-0.05, 0) is 17.5 Å². The molecule has 1 radical (unpaired) electrons. The fraction of sp³-hybridized carbons (Fsp3) is 0. The average molecular weight is 298 g/mol. The number of rotatable bonds is 2. The molecule has 0 aliphatic heterocycles. The predicted octanol–water partition coefficient (Wildman–Crippen LogP) is 2.44. The van der Waals surface area contributed by atoms with Crippen molar-refractivity contribution in [2.75, 3.05) is 0 Å². The first-order chi connectivity index (χ1) is 7.56. The molecule has 0 aliphatic carbocycles. The standard InChI is InChI=1S/C11H6BrO3S/c12-10-5-1-4-9-8(10)3-2-6-11(9)16(14,15)7-13/h1-6H. The molecular formula is C11H6BrO3S. The van der Waals surface area contributed by atoms with E-state index in [1.807, 2.05) is 6.07 Å². The van der Waals surface area contributed by atoms with E-state index in [1.165, 1.54) is 6.07 Å². The monoisotopic (exact) mass is 297 g/mol. The predicted molar refractivity (Wildman–Crippen MR) is 64.5 cm³/mol. The van der Waals surface area contributed by atoms with E-state index < -0.39 is 9.84 Å². The first-order valence-corrected chi connectivity index (χ1v) is 6.65. The summed E-state index contributed by atoms with van der Waals surface area (Å²) in [6.45, 7) is 0. The summed E-state index contributed by atoms with van der Waals surface area (Å²) in [5.41, 5.74) is 1.08. The molecule has 16 heavy (non-hydrogen) atoms. The Morgan fingerprint density at radius 1 is 1.00 bits per heavy atom. The Balaban J connectivity index is 2.93. The molecule has 0 saturated carbocycles. The molecule has 0 amide bonds. The van der Waals surface area contributed by atoms with Gasteiger partial charge in [0.2, 0.25) is 9.84 Å². The molecule has 0 aliphatic rings. The molecule has 0 bridgehead atoms. The minimum absolute atomic E-state index is 0.0127. The van der Waals surface area contributed by atoms with E-state index >= 15 is 0 Å². The second-order valence-corrected chi connectivity index (χ2v) is 5.65. The van der Waals surface area contributed by atoms with Crippen LogP contribution in [0.4, 0.5) is 0 Å². The van der Waals surface area contributed by atoms with Crippen LogP contribution in [0.1, 0.15) is 0 Å². The fourth-order valence-corrected chi connectivity index (χ4v) is 2.84. The van der Waals surface area contributed by atoms with Gasteiger partial charge < -0.3 is 0 Å². The Morgan fingerprint density at radius 3 is 2.31 bits per heavy atom. The topological polar surface area (TPSA) is 51.2 Å². The summed E-state index contributed by atoms with van der Waals surface area (Å²) in [4.78, 5) is 10.4. The molecule has 5 heteroatoms. The Bertz CT molecular complexity index is 662. The van der Waals surface area contributed by atoms with E-state index in [2.05, 4.69) is 15.9 Å². The second kappa shape index (κ2) is 3.99. The molecule has 0 heterocycles. The maximum atomic E-state index is 11.5. The molecular weight excluding hydrogens is 292 g/mol. The van der Waals surface area contributed by atoms with E-state index in [-0.39, 0.29) is 4.90 Å². The van der Waals surface area contributed by atoms with Crippen molar-refractivity contribution in [1.82, 2.24) is 0 Å². The highest BCUT2D eigenvalue weighted by Crippen LogP contribution is 2.28. The van der Waals surface area contributed by atoms with Crippen molar-refractivity contribution in [1.29, 1.82) is 0 Å². The number of benzene rings is 2. The largest absolute Gasteiger partial charge is 0.333 e. The Hall–Kier alpha value is -1.20. The first kappa shape index (κ1) is 11.3. The minimum Gasteiger partial charge on any atom is -0.271 e. The molecule has 3 nitrogen and oxygen atoms in total. The highest BCUT2D eigenvalue weighted by molar-refractivity contribution is 9.10. The van der Waals surface area contributed by atoms with E-state index in [0.29, 0.717) is 5.39 Å². The van der Waals surface area contributed by atoms with Crippen LogP contribution in [0, 0.1) is 0 Å². The third-order valence-electron chi connectivity index (χ3n) is 2.23. The lowest BCUT2D eigenvalue weighted by atomic mass is 10.1. The zero-order valence-electron chi connectivity index (χ0n) is 7.98. The molecule has 2 aromatic carbocycles. The van der Waals surface area contributed by atoms with Gasteiger partial charge >= 0.3 is 5.62 Å². The summed E-state index contributed by atoms with van der Waals surface area (Å²) in [5, 5.41) is 1.26. The van der Waals surface area contributed by atoms with Crippen LogP contribution in [-0.4, -0.2) is 14.0 Å². The molecule has 0 aromatic heterocycles. The van der Waals surface area contributed by atoms with Crippen LogP contribution < -0.4 is 0 Å². The van der Waals surface area contributed by atoms with Crippen molar-refractivity contribution in [2.45, 2.75) is 4.90 Å². The highest BCUT2D eigenvalue weighted by atomic mass is 79.9. The van der Waals surface area contributed by atoms with Gasteiger partial charge in [-0.2, -0.15) is 0 Å². The molecule has 0 unspecified atom stereocenters. The van der Waals surface area contributed by atoms with Crippen molar-refractivity contribution in [3.05, 3.63) is 40.9 Å². The third kappa shape index (κ3) is 1.76. The molecule has 2 aromatic rings. The van der Waals surface area contributed by atoms with Crippen molar-refractivity contribution in [3.8, 4) is 0 Å². The zero-order valence-corrected chi connectivity index (χ0v) is 10.4. The summed E-state index contributed by atoms with van der Waals surface area (Å²) >= 11 is 3.33. The van der Waals surface area contributed by atoms with Gasteiger partial charge in [-0.1, -0.05) is 40.2 Å². The van der Waals surface area contributed by atoms with Crippen LogP contribution in [0.2, 0.25) is 0 Å². The molecule has 0 spiro atoms. The van der Waals surface area contributed by atoms with E-state index in [0.717, 1.165) is 15.5 Å². The number of halogens is 1. The average Bonchev–Trinajstić information content (AvgIpc) is 2.29. The number of hydrogen-bond acceptors (Lipinski definition) is 3. The van der Waals surface area contributed by atoms with E-state index in [9.17, 15) is 13.2 Å². The normalized spacial score (nSPS) is 11.6. The van der Waals surface area contributed by atoms with E-state index in [1.54, 1.807) is 24.3 Å². The van der Waals surface area contributed by atoms with Crippen LogP contribution in [0.15, 0.2) is 45.8 Å². The Morgan fingerprint density at radius 2 is 1.62 bits per heavy atom. The molecule has 0 N–H and O–H groups in total. The third-order valence-corrected chi connectivity index (χ3v) is 4.07. The van der Waals surface area contributed by atoms with Crippen LogP contribution in [0.25, 0.3) is 10.8 Å². The quantitative estimate of drug-likeness (QED) is 0.855. The second-order valence-electron chi connectivity index (χ2n) is 3.18. The molecule has 81 valence electrons. The lowest BCUT2D eigenvalue weighted by molar-refractivity contribution is 0.556. The van der Waals surface area contributed by atoms with Crippen LogP contribution >= 0.6 is 15.9 Å². The van der Waals surface area contributed by atoms with Gasteiger partial charge in [0.1, 0.15) is 0 Å². The van der Waals surface area contributed by atoms with Crippen molar-refractivity contribution in [3.63, 3.8) is 0 Å². The van der Waals surface area contributed by atoms with Crippen molar-refractivity contribution in [2.24, 2.45) is 0 Å². The van der Waals surface area contributed by atoms with Gasteiger partial charge in [-0.25, -0.2) is 8.42 Å². The summed E-state index contributed by atoms with van der Waals surface area (Å²) in [6.07, 6.45) is 0. The SMILES string of the molecule is O=[C]S(=O)(=O)c1cccc2c(Br)cccc12. The van der Waals surface area contributed by atoms with Gasteiger partial charge in [0.25, 0.3) is 0 Å².